The molecule has 4 heterocycles. The molecule has 0 N–H and O–H groups in total. The van der Waals surface area contributed by atoms with Gasteiger partial charge in [0.25, 0.3) is 5.56 Å². The van der Waals surface area contributed by atoms with Crippen LogP contribution in [-0.4, -0.2) is 76.2 Å². The van der Waals surface area contributed by atoms with E-state index in [-0.39, 0.29) is 35.4 Å². The SMILES string of the molecule is Cc1nn([C@H]2CCS(=O)(=O)C2)c(C)c1N1CCN(C(=O)CCn2cnc3ccccc3c2=O)CC1. The van der Waals surface area contributed by atoms with Crippen LogP contribution in [0.2, 0.25) is 0 Å². The highest BCUT2D eigenvalue weighted by Gasteiger charge is 2.33. The number of aryl methyl sites for hydroxylation is 2. The zero-order chi connectivity index (χ0) is 24.7. The molecular weight excluding hydrogens is 468 g/mol. The average molecular weight is 499 g/mol. The number of sulfone groups is 1. The maximum absolute atomic E-state index is 12.9. The molecule has 2 aliphatic rings. The number of nitrogens with zero attached hydrogens (tertiary/aromatic N) is 6. The predicted octanol–water partition coefficient (Wildman–Crippen LogP) is 1.31. The molecule has 2 fully saturated rings. The molecule has 186 valence electrons. The Morgan fingerprint density at radius 2 is 1.86 bits per heavy atom. The minimum atomic E-state index is -2.99. The number of carbonyl (C=O) groups excluding carboxylic acids is 1. The number of aromatic nitrogens is 4. The van der Waals surface area contributed by atoms with Gasteiger partial charge in [-0.3, -0.25) is 18.8 Å². The fraction of sp³-hybridized carbons (Fsp3) is 0.500. The normalized spacial score (nSPS) is 20.0. The van der Waals surface area contributed by atoms with E-state index < -0.39 is 9.84 Å². The van der Waals surface area contributed by atoms with Gasteiger partial charge in [-0.05, 0) is 32.4 Å². The molecule has 1 aromatic carbocycles. The molecular formula is C24H30N6O4S. The molecule has 1 amide bonds. The van der Waals surface area contributed by atoms with Gasteiger partial charge in [0.05, 0.1) is 51.9 Å². The summed E-state index contributed by atoms with van der Waals surface area (Å²) in [6.45, 7) is 6.78. The van der Waals surface area contributed by atoms with Crippen molar-refractivity contribution in [3.05, 3.63) is 52.3 Å². The lowest BCUT2D eigenvalue weighted by Gasteiger charge is -2.36. The quantitative estimate of drug-likeness (QED) is 0.522. The van der Waals surface area contributed by atoms with Crippen LogP contribution < -0.4 is 10.5 Å². The summed E-state index contributed by atoms with van der Waals surface area (Å²) >= 11 is 0. The number of rotatable bonds is 5. The maximum Gasteiger partial charge on any atom is 0.261 e. The van der Waals surface area contributed by atoms with Gasteiger partial charge in [-0.2, -0.15) is 5.10 Å². The molecule has 2 saturated heterocycles. The number of amides is 1. The minimum absolute atomic E-state index is 0.0185. The smallest absolute Gasteiger partial charge is 0.261 e. The Morgan fingerprint density at radius 3 is 2.57 bits per heavy atom. The first-order chi connectivity index (χ1) is 16.7. The largest absolute Gasteiger partial charge is 0.365 e. The summed E-state index contributed by atoms with van der Waals surface area (Å²) in [5, 5.41) is 5.22. The van der Waals surface area contributed by atoms with Crippen molar-refractivity contribution in [2.75, 3.05) is 42.6 Å². The van der Waals surface area contributed by atoms with Crippen LogP contribution in [-0.2, 0) is 21.2 Å². The van der Waals surface area contributed by atoms with Crippen molar-refractivity contribution >= 4 is 32.3 Å². The Hall–Kier alpha value is -3.21. The summed E-state index contributed by atoms with van der Waals surface area (Å²) in [6, 6.07) is 7.09. The average Bonchev–Trinajstić information content (AvgIpc) is 3.36. The molecule has 2 aliphatic heterocycles. The number of hydrogen-bond donors (Lipinski definition) is 0. The fourth-order valence-electron chi connectivity index (χ4n) is 5.25. The van der Waals surface area contributed by atoms with Crippen molar-refractivity contribution in [2.24, 2.45) is 0 Å². The van der Waals surface area contributed by atoms with Crippen LogP contribution in [0.5, 0.6) is 0 Å². The lowest BCUT2D eigenvalue weighted by atomic mass is 10.2. The van der Waals surface area contributed by atoms with E-state index in [0.29, 0.717) is 50.0 Å². The molecule has 3 aromatic rings. The Balaban J connectivity index is 1.21. The molecule has 11 heteroatoms. The van der Waals surface area contributed by atoms with Crippen LogP contribution in [0.25, 0.3) is 10.9 Å². The molecule has 0 bridgehead atoms. The minimum Gasteiger partial charge on any atom is -0.365 e. The van der Waals surface area contributed by atoms with Crippen LogP contribution >= 0.6 is 0 Å². The van der Waals surface area contributed by atoms with Gasteiger partial charge in [-0.15, -0.1) is 0 Å². The lowest BCUT2D eigenvalue weighted by molar-refractivity contribution is -0.131. The lowest BCUT2D eigenvalue weighted by Crippen LogP contribution is -2.49. The van der Waals surface area contributed by atoms with E-state index in [1.807, 2.05) is 35.6 Å². The second-order valence-electron chi connectivity index (χ2n) is 9.40. The van der Waals surface area contributed by atoms with Crippen LogP contribution in [0.15, 0.2) is 35.4 Å². The second-order valence-corrected chi connectivity index (χ2v) is 11.6. The van der Waals surface area contributed by atoms with Gasteiger partial charge in [0.15, 0.2) is 9.84 Å². The van der Waals surface area contributed by atoms with Crippen molar-refractivity contribution in [2.45, 2.75) is 39.3 Å². The second kappa shape index (κ2) is 9.10. The Kier molecular flexibility index (Phi) is 6.12. The van der Waals surface area contributed by atoms with Gasteiger partial charge in [-0.25, -0.2) is 13.4 Å². The summed E-state index contributed by atoms with van der Waals surface area (Å²) in [5.74, 6) is 0.380. The van der Waals surface area contributed by atoms with Gasteiger partial charge in [-0.1, -0.05) is 12.1 Å². The van der Waals surface area contributed by atoms with Crippen LogP contribution in [0.1, 0.15) is 30.3 Å². The first-order valence-electron chi connectivity index (χ1n) is 12.0. The Morgan fingerprint density at radius 1 is 1.11 bits per heavy atom. The Labute approximate surface area is 204 Å². The summed E-state index contributed by atoms with van der Waals surface area (Å²) in [5.41, 5.74) is 3.42. The predicted molar refractivity (Wildman–Crippen MR) is 133 cm³/mol. The van der Waals surface area contributed by atoms with Crippen molar-refractivity contribution in [3.63, 3.8) is 0 Å². The first kappa shape index (κ1) is 23.5. The van der Waals surface area contributed by atoms with Crippen molar-refractivity contribution in [3.8, 4) is 0 Å². The molecule has 0 unspecified atom stereocenters. The molecule has 2 aromatic heterocycles. The van der Waals surface area contributed by atoms with Crippen LogP contribution in [0.4, 0.5) is 5.69 Å². The number of hydrogen-bond acceptors (Lipinski definition) is 7. The molecule has 0 radical (unpaired) electrons. The number of fused-ring (bicyclic) bond motifs is 1. The third-order valence-corrected chi connectivity index (χ3v) is 8.84. The van der Waals surface area contributed by atoms with E-state index in [4.69, 9.17) is 0 Å². The third-order valence-electron chi connectivity index (χ3n) is 7.09. The van der Waals surface area contributed by atoms with E-state index >= 15 is 0 Å². The van der Waals surface area contributed by atoms with Gasteiger partial charge in [0, 0.05) is 39.1 Å². The summed E-state index contributed by atoms with van der Waals surface area (Å²) < 4.78 is 27.2. The molecule has 0 aliphatic carbocycles. The van der Waals surface area contributed by atoms with Gasteiger partial charge in [0.2, 0.25) is 5.91 Å². The molecule has 1 atom stereocenters. The van der Waals surface area contributed by atoms with Crippen LogP contribution in [0, 0.1) is 13.8 Å². The van der Waals surface area contributed by atoms with Crippen molar-refractivity contribution < 1.29 is 13.2 Å². The van der Waals surface area contributed by atoms with Crippen LogP contribution in [0.3, 0.4) is 0 Å². The molecule has 0 spiro atoms. The van der Waals surface area contributed by atoms with Crippen molar-refractivity contribution in [1.29, 1.82) is 0 Å². The van der Waals surface area contributed by atoms with Gasteiger partial charge >= 0.3 is 0 Å². The highest BCUT2D eigenvalue weighted by atomic mass is 32.2. The van der Waals surface area contributed by atoms with E-state index in [2.05, 4.69) is 15.0 Å². The number of anilines is 1. The van der Waals surface area contributed by atoms with Gasteiger partial charge in [0.1, 0.15) is 0 Å². The first-order valence-corrected chi connectivity index (χ1v) is 13.8. The van der Waals surface area contributed by atoms with E-state index in [0.717, 1.165) is 17.1 Å². The highest BCUT2D eigenvalue weighted by Crippen LogP contribution is 2.31. The van der Waals surface area contributed by atoms with Crippen molar-refractivity contribution in [1.82, 2.24) is 24.2 Å². The number of piperazine rings is 1. The maximum atomic E-state index is 12.9. The number of carbonyl (C=O) groups is 1. The third kappa shape index (κ3) is 4.56. The van der Waals surface area contributed by atoms with E-state index in [1.54, 1.807) is 12.1 Å². The monoisotopic (exact) mass is 498 g/mol. The summed E-state index contributed by atoms with van der Waals surface area (Å²) in [6.07, 6.45) is 2.35. The highest BCUT2D eigenvalue weighted by molar-refractivity contribution is 7.91. The fourth-order valence-corrected chi connectivity index (χ4v) is 6.95. The summed E-state index contributed by atoms with van der Waals surface area (Å²) in [4.78, 5) is 33.9. The number of benzene rings is 1. The Bertz CT molecular complexity index is 1440. The standard InChI is InChI=1S/C24H30N6O4S/c1-17-23(18(2)30(26-17)19-8-14-35(33,34)15-19)28-12-10-27(11-13-28)22(31)7-9-29-16-25-21-6-4-3-5-20(21)24(29)32/h3-6,16,19H,7-15H2,1-2H3/t19-/m0/s1. The zero-order valence-corrected chi connectivity index (χ0v) is 20.9. The number of para-hydroxylation sites is 1. The summed E-state index contributed by atoms with van der Waals surface area (Å²) in [7, 11) is -2.99. The zero-order valence-electron chi connectivity index (χ0n) is 20.1. The molecule has 10 nitrogen and oxygen atoms in total. The van der Waals surface area contributed by atoms with Gasteiger partial charge < -0.3 is 9.80 Å². The topological polar surface area (TPSA) is 110 Å². The molecule has 5 rings (SSSR count). The van der Waals surface area contributed by atoms with E-state index in [1.165, 1.54) is 10.9 Å². The molecule has 0 saturated carbocycles. The van der Waals surface area contributed by atoms with E-state index in [9.17, 15) is 18.0 Å². The molecule has 35 heavy (non-hydrogen) atoms.